The molecule has 0 radical (unpaired) electrons. The minimum Gasteiger partial charge on any atom is -0.493 e. The first kappa shape index (κ1) is 20.5. The fourth-order valence-corrected chi connectivity index (χ4v) is 5.22. The smallest absolute Gasteiger partial charge is 0.274 e. The van der Waals surface area contributed by atoms with Crippen LogP contribution in [0.25, 0.3) is 21.5 Å². The molecule has 4 aromatic rings. The lowest BCUT2D eigenvalue weighted by Crippen LogP contribution is -2.31. The Morgan fingerprint density at radius 3 is 2.62 bits per heavy atom. The number of thiazole rings is 1. The van der Waals surface area contributed by atoms with E-state index in [0.29, 0.717) is 23.7 Å². The number of carbonyl (C=O) groups excluding carboxylic acids is 1. The number of H-pyrrole nitrogens is 1. The maximum Gasteiger partial charge on any atom is 0.274 e. The van der Waals surface area contributed by atoms with Crippen LogP contribution in [0.5, 0.6) is 11.5 Å². The predicted octanol–water partition coefficient (Wildman–Crippen LogP) is 4.99. The molecule has 0 spiro atoms. The number of fused-ring (bicyclic) bond motifs is 1. The van der Waals surface area contributed by atoms with E-state index in [1.165, 1.54) is 0 Å². The lowest BCUT2D eigenvalue weighted by molar-refractivity contribution is 0.0726. The number of likely N-dealkylation sites (tertiary alicyclic amines) is 1. The van der Waals surface area contributed by atoms with E-state index < -0.39 is 0 Å². The Kier molecular flexibility index (Phi) is 5.30. The molecular formula is C24H24N4O3S. The van der Waals surface area contributed by atoms with Gasteiger partial charge in [-0.1, -0.05) is 30.3 Å². The van der Waals surface area contributed by atoms with Crippen molar-refractivity contribution in [1.29, 1.82) is 0 Å². The molecule has 164 valence electrons. The molecule has 2 aromatic heterocycles. The van der Waals surface area contributed by atoms with Crippen molar-refractivity contribution in [1.82, 2.24) is 19.9 Å². The Morgan fingerprint density at radius 1 is 1.12 bits per heavy atom. The number of hydrogen-bond acceptors (Lipinski definition) is 6. The standard InChI is InChI=1S/C24H24N4O3S/c1-14-25-21(22(32-14)15-8-5-4-6-9-15)24(29)28-11-7-10-18(28)23-26-16-12-19(30-2)20(31-3)13-17(16)27-23/h4-6,8-9,12-13,18H,7,10-11H2,1-3H3,(H,26,27). The quantitative estimate of drug-likeness (QED) is 0.465. The number of amides is 1. The van der Waals surface area contributed by atoms with Gasteiger partial charge in [0.05, 0.1) is 41.2 Å². The number of rotatable bonds is 5. The van der Waals surface area contributed by atoms with E-state index in [4.69, 9.17) is 14.5 Å². The Bertz CT molecular complexity index is 1240. The number of imidazole rings is 1. The van der Waals surface area contributed by atoms with E-state index in [-0.39, 0.29) is 11.9 Å². The number of benzene rings is 2. The number of methoxy groups -OCH3 is 2. The summed E-state index contributed by atoms with van der Waals surface area (Å²) in [6.45, 7) is 2.62. The maximum absolute atomic E-state index is 13.6. The summed E-state index contributed by atoms with van der Waals surface area (Å²) < 4.78 is 10.8. The molecule has 1 fully saturated rings. The summed E-state index contributed by atoms with van der Waals surface area (Å²) in [5, 5.41) is 0.880. The van der Waals surface area contributed by atoms with Crippen molar-refractivity contribution in [3.05, 3.63) is 59.0 Å². The largest absolute Gasteiger partial charge is 0.493 e. The van der Waals surface area contributed by atoms with Gasteiger partial charge in [0, 0.05) is 18.7 Å². The van der Waals surface area contributed by atoms with E-state index in [1.54, 1.807) is 25.6 Å². The Labute approximate surface area is 190 Å². The van der Waals surface area contributed by atoms with Gasteiger partial charge in [-0.05, 0) is 25.3 Å². The van der Waals surface area contributed by atoms with Crippen molar-refractivity contribution in [3.63, 3.8) is 0 Å². The first-order valence-corrected chi connectivity index (χ1v) is 11.4. The van der Waals surface area contributed by atoms with Crippen molar-refractivity contribution in [2.75, 3.05) is 20.8 Å². The summed E-state index contributed by atoms with van der Waals surface area (Å²) in [6, 6.07) is 13.6. The highest BCUT2D eigenvalue weighted by Crippen LogP contribution is 2.38. The summed E-state index contributed by atoms with van der Waals surface area (Å²) in [4.78, 5) is 29.2. The van der Waals surface area contributed by atoms with E-state index in [0.717, 1.165) is 45.1 Å². The summed E-state index contributed by atoms with van der Waals surface area (Å²) in [7, 11) is 3.22. The van der Waals surface area contributed by atoms with E-state index in [1.807, 2.05) is 54.3 Å². The number of nitrogens with one attached hydrogen (secondary N) is 1. The molecule has 3 heterocycles. The van der Waals surface area contributed by atoms with Crippen LogP contribution in [0.3, 0.4) is 0 Å². The van der Waals surface area contributed by atoms with Gasteiger partial charge in [0.1, 0.15) is 11.5 Å². The summed E-state index contributed by atoms with van der Waals surface area (Å²) >= 11 is 1.55. The van der Waals surface area contributed by atoms with Crippen LogP contribution in [-0.2, 0) is 0 Å². The second-order valence-electron chi connectivity index (χ2n) is 7.78. The fourth-order valence-electron chi connectivity index (χ4n) is 4.30. The molecular weight excluding hydrogens is 424 g/mol. The third-order valence-corrected chi connectivity index (χ3v) is 6.83. The van der Waals surface area contributed by atoms with Crippen LogP contribution in [0.2, 0.25) is 0 Å². The van der Waals surface area contributed by atoms with Crippen molar-refractivity contribution in [3.8, 4) is 21.9 Å². The number of hydrogen-bond donors (Lipinski definition) is 1. The lowest BCUT2D eigenvalue weighted by atomic mass is 10.1. The van der Waals surface area contributed by atoms with Crippen molar-refractivity contribution in [2.45, 2.75) is 25.8 Å². The fraction of sp³-hybridized carbons (Fsp3) is 0.292. The van der Waals surface area contributed by atoms with Crippen LogP contribution in [0, 0.1) is 6.92 Å². The molecule has 1 amide bonds. The highest BCUT2D eigenvalue weighted by Gasteiger charge is 2.35. The second-order valence-corrected chi connectivity index (χ2v) is 8.98. The highest BCUT2D eigenvalue weighted by molar-refractivity contribution is 7.15. The zero-order valence-electron chi connectivity index (χ0n) is 18.2. The van der Waals surface area contributed by atoms with Gasteiger partial charge in [-0.25, -0.2) is 9.97 Å². The third kappa shape index (κ3) is 3.50. The molecule has 1 aliphatic rings. The SMILES string of the molecule is COc1cc2nc(C3CCCN3C(=O)c3nc(C)sc3-c3ccccc3)[nH]c2cc1OC. The number of ether oxygens (including phenoxy) is 2. The van der Waals surface area contributed by atoms with Crippen molar-refractivity contribution < 1.29 is 14.3 Å². The average Bonchev–Trinajstić information content (AvgIpc) is 3.55. The van der Waals surface area contributed by atoms with Crippen LogP contribution in [0.15, 0.2) is 42.5 Å². The number of carbonyl (C=O) groups is 1. The molecule has 0 aliphatic carbocycles. The Balaban J connectivity index is 1.50. The minimum atomic E-state index is -0.127. The van der Waals surface area contributed by atoms with Crippen LogP contribution in [0.4, 0.5) is 0 Å². The van der Waals surface area contributed by atoms with Gasteiger partial charge >= 0.3 is 0 Å². The molecule has 0 saturated carbocycles. The summed E-state index contributed by atoms with van der Waals surface area (Å²) in [5.74, 6) is 1.99. The zero-order valence-corrected chi connectivity index (χ0v) is 19.0. The highest BCUT2D eigenvalue weighted by atomic mass is 32.1. The van der Waals surface area contributed by atoms with Crippen molar-refractivity contribution >= 4 is 28.3 Å². The minimum absolute atomic E-state index is 0.0497. The molecule has 0 bridgehead atoms. The van der Waals surface area contributed by atoms with Gasteiger partial charge in [0.2, 0.25) is 0 Å². The van der Waals surface area contributed by atoms with Gasteiger partial charge in [0.25, 0.3) is 5.91 Å². The summed E-state index contributed by atoms with van der Waals surface area (Å²) in [6.07, 6.45) is 1.77. The molecule has 32 heavy (non-hydrogen) atoms. The molecule has 1 aliphatic heterocycles. The van der Waals surface area contributed by atoms with E-state index in [9.17, 15) is 4.79 Å². The predicted molar refractivity (Wildman–Crippen MR) is 124 cm³/mol. The van der Waals surface area contributed by atoms with E-state index in [2.05, 4.69) is 9.97 Å². The number of aromatic nitrogens is 3. The monoisotopic (exact) mass is 448 g/mol. The van der Waals surface area contributed by atoms with Crippen LogP contribution in [0.1, 0.15) is 40.2 Å². The second kappa shape index (κ2) is 8.27. The summed E-state index contributed by atoms with van der Waals surface area (Å²) in [5.41, 5.74) is 3.17. The van der Waals surface area contributed by atoms with Crippen LogP contribution in [-0.4, -0.2) is 46.5 Å². The first-order chi connectivity index (χ1) is 15.6. The third-order valence-electron chi connectivity index (χ3n) is 5.81. The van der Waals surface area contributed by atoms with Gasteiger partial charge in [0.15, 0.2) is 11.5 Å². The van der Waals surface area contributed by atoms with Crippen LogP contribution >= 0.6 is 11.3 Å². The molecule has 1 atom stereocenters. The molecule has 1 unspecified atom stereocenters. The molecule has 7 nitrogen and oxygen atoms in total. The molecule has 2 aromatic carbocycles. The lowest BCUT2D eigenvalue weighted by Gasteiger charge is -2.22. The van der Waals surface area contributed by atoms with Gasteiger partial charge < -0.3 is 19.4 Å². The molecule has 1 N–H and O–H groups in total. The van der Waals surface area contributed by atoms with Gasteiger partial charge in [-0.2, -0.15) is 0 Å². The molecule has 1 saturated heterocycles. The van der Waals surface area contributed by atoms with Crippen LogP contribution < -0.4 is 9.47 Å². The van der Waals surface area contributed by atoms with E-state index >= 15 is 0 Å². The Morgan fingerprint density at radius 2 is 1.88 bits per heavy atom. The van der Waals surface area contributed by atoms with Gasteiger partial charge in [-0.3, -0.25) is 4.79 Å². The van der Waals surface area contributed by atoms with Crippen molar-refractivity contribution in [2.24, 2.45) is 0 Å². The first-order valence-electron chi connectivity index (χ1n) is 10.5. The maximum atomic E-state index is 13.6. The average molecular weight is 449 g/mol. The van der Waals surface area contributed by atoms with Gasteiger partial charge in [-0.15, -0.1) is 11.3 Å². The number of aryl methyl sites for hydroxylation is 1. The number of aromatic amines is 1. The number of nitrogens with zero attached hydrogens (tertiary/aromatic N) is 3. The topological polar surface area (TPSA) is 80.3 Å². The Hall–Kier alpha value is -3.39. The molecule has 5 rings (SSSR count). The zero-order chi connectivity index (χ0) is 22.2. The normalized spacial score (nSPS) is 16.0. The molecule has 8 heteroatoms.